The Kier molecular flexibility index (Phi) is 2.47. The molecule has 0 fully saturated rings. The third kappa shape index (κ3) is 2.58. The maximum Gasteiger partial charge on any atom is 0.222 e. The van der Waals surface area contributed by atoms with E-state index in [9.17, 15) is 0 Å². The maximum atomic E-state index is 8.91. The first-order chi connectivity index (χ1) is 5.18. The molecule has 0 spiro atoms. The second-order valence-electron chi connectivity index (χ2n) is 3.18. The summed E-state index contributed by atoms with van der Waals surface area (Å²) >= 11 is 0. The first-order valence-electron chi connectivity index (χ1n) is 3.88. The molecule has 0 saturated carbocycles. The van der Waals surface area contributed by atoms with Crippen LogP contribution in [0.4, 0.5) is 0 Å². The minimum Gasteiger partial charge on any atom is -0.285 e. The summed E-state index contributed by atoms with van der Waals surface area (Å²) in [6.07, 6.45) is 4.37. The lowest BCUT2D eigenvalue weighted by molar-refractivity contribution is -0.904. The van der Waals surface area contributed by atoms with Gasteiger partial charge in [0.1, 0.15) is 0 Å². The number of pyridine rings is 1. The van der Waals surface area contributed by atoms with Gasteiger partial charge in [-0.25, -0.2) is 0 Å². The van der Waals surface area contributed by atoms with Crippen molar-refractivity contribution >= 4 is 0 Å². The molecule has 11 heavy (non-hydrogen) atoms. The molecule has 2 heteroatoms. The molecule has 0 aromatic carbocycles. The molecule has 0 aliphatic carbocycles. The SMILES string of the molecule is CC(C)Cc1cc[n+](O)cc1. The van der Waals surface area contributed by atoms with E-state index in [1.165, 1.54) is 5.56 Å². The van der Waals surface area contributed by atoms with Crippen molar-refractivity contribution in [2.24, 2.45) is 5.92 Å². The van der Waals surface area contributed by atoms with Crippen LogP contribution in [-0.2, 0) is 6.42 Å². The normalized spacial score (nSPS) is 10.5. The van der Waals surface area contributed by atoms with Gasteiger partial charge >= 0.3 is 0 Å². The molecule has 0 unspecified atom stereocenters. The van der Waals surface area contributed by atoms with Crippen LogP contribution in [0.5, 0.6) is 0 Å². The van der Waals surface area contributed by atoms with Crippen molar-refractivity contribution in [3.8, 4) is 0 Å². The van der Waals surface area contributed by atoms with Crippen LogP contribution in [0.25, 0.3) is 0 Å². The molecule has 1 heterocycles. The van der Waals surface area contributed by atoms with Crippen molar-refractivity contribution in [2.75, 3.05) is 0 Å². The van der Waals surface area contributed by atoms with Gasteiger partial charge < -0.3 is 0 Å². The summed E-state index contributed by atoms with van der Waals surface area (Å²) in [4.78, 5) is 0. The Labute approximate surface area is 67.1 Å². The van der Waals surface area contributed by atoms with E-state index in [2.05, 4.69) is 13.8 Å². The van der Waals surface area contributed by atoms with Gasteiger partial charge in [-0.15, -0.1) is 0 Å². The molecule has 0 bridgehead atoms. The zero-order chi connectivity index (χ0) is 8.27. The number of rotatable bonds is 2. The summed E-state index contributed by atoms with van der Waals surface area (Å²) < 4.78 is 1.06. The molecule has 2 nitrogen and oxygen atoms in total. The Morgan fingerprint density at radius 2 is 1.91 bits per heavy atom. The molecule has 1 aromatic heterocycles. The van der Waals surface area contributed by atoms with Crippen molar-refractivity contribution in [1.82, 2.24) is 0 Å². The minimum atomic E-state index is 0.671. The highest BCUT2D eigenvalue weighted by atomic mass is 16.5. The largest absolute Gasteiger partial charge is 0.285 e. The molecule has 1 N–H and O–H groups in total. The minimum absolute atomic E-state index is 0.671. The van der Waals surface area contributed by atoms with Crippen molar-refractivity contribution in [3.63, 3.8) is 0 Å². The molecule has 1 aromatic rings. The lowest BCUT2D eigenvalue weighted by Crippen LogP contribution is -2.28. The molecule has 0 radical (unpaired) electrons. The van der Waals surface area contributed by atoms with Gasteiger partial charge in [0.25, 0.3) is 0 Å². The lowest BCUT2D eigenvalue weighted by Gasteiger charge is -2.01. The molecule has 0 amide bonds. The molecule has 0 aliphatic heterocycles. The van der Waals surface area contributed by atoms with Gasteiger partial charge in [-0.1, -0.05) is 13.8 Å². The zero-order valence-corrected chi connectivity index (χ0v) is 6.99. The van der Waals surface area contributed by atoms with Crippen LogP contribution < -0.4 is 4.73 Å². The highest BCUT2D eigenvalue weighted by Gasteiger charge is 1.99. The van der Waals surface area contributed by atoms with Gasteiger partial charge in [0.05, 0.1) is 0 Å². The van der Waals surface area contributed by atoms with E-state index in [1.54, 1.807) is 12.4 Å². The van der Waals surface area contributed by atoms with Crippen molar-refractivity contribution in [3.05, 3.63) is 30.1 Å². The van der Waals surface area contributed by atoms with Crippen molar-refractivity contribution < 1.29 is 9.94 Å². The van der Waals surface area contributed by atoms with Gasteiger partial charge in [0.2, 0.25) is 12.4 Å². The Balaban J connectivity index is 2.66. The van der Waals surface area contributed by atoms with E-state index in [1.807, 2.05) is 12.1 Å². The summed E-state index contributed by atoms with van der Waals surface area (Å²) in [6.45, 7) is 4.36. The summed E-state index contributed by atoms with van der Waals surface area (Å²) in [7, 11) is 0. The van der Waals surface area contributed by atoms with E-state index >= 15 is 0 Å². The van der Waals surface area contributed by atoms with Crippen LogP contribution in [0.15, 0.2) is 24.5 Å². The molecule has 60 valence electrons. The Bertz CT molecular complexity index is 216. The molecule has 0 aliphatic rings. The van der Waals surface area contributed by atoms with E-state index < -0.39 is 0 Å². The fourth-order valence-corrected chi connectivity index (χ4v) is 1.06. The average Bonchev–Trinajstić information content (AvgIpc) is 1.93. The van der Waals surface area contributed by atoms with Crippen molar-refractivity contribution in [2.45, 2.75) is 20.3 Å². The van der Waals surface area contributed by atoms with E-state index in [4.69, 9.17) is 5.21 Å². The molecule has 0 atom stereocenters. The first kappa shape index (κ1) is 8.05. The molecule has 0 saturated heterocycles. The predicted molar refractivity (Wildman–Crippen MR) is 42.4 cm³/mol. The third-order valence-corrected chi connectivity index (χ3v) is 1.53. The van der Waals surface area contributed by atoms with Crippen molar-refractivity contribution in [1.29, 1.82) is 0 Å². The summed E-state index contributed by atoms with van der Waals surface area (Å²) in [5.74, 6) is 0.671. The van der Waals surface area contributed by atoms with Gasteiger partial charge in [0.15, 0.2) is 0 Å². The number of nitrogens with zero attached hydrogens (tertiary/aromatic N) is 1. The summed E-state index contributed by atoms with van der Waals surface area (Å²) in [5.41, 5.74) is 1.27. The van der Waals surface area contributed by atoms with E-state index in [0.29, 0.717) is 5.92 Å². The maximum absolute atomic E-state index is 8.91. The topological polar surface area (TPSA) is 24.1 Å². The number of hydrogen-bond acceptors (Lipinski definition) is 1. The van der Waals surface area contributed by atoms with Gasteiger partial charge in [-0.2, -0.15) is 0 Å². The highest BCUT2D eigenvalue weighted by molar-refractivity contribution is 5.07. The van der Waals surface area contributed by atoms with Crippen LogP contribution in [0, 0.1) is 5.92 Å². The lowest BCUT2D eigenvalue weighted by atomic mass is 10.0. The quantitative estimate of drug-likeness (QED) is 0.503. The number of aromatic nitrogens is 1. The van der Waals surface area contributed by atoms with Crippen LogP contribution in [0.1, 0.15) is 19.4 Å². The average molecular weight is 152 g/mol. The number of hydrogen-bond donors (Lipinski definition) is 1. The second-order valence-corrected chi connectivity index (χ2v) is 3.18. The predicted octanol–water partition coefficient (Wildman–Crippen LogP) is 1.41. The Hall–Kier alpha value is -1.05. The van der Waals surface area contributed by atoms with Crippen LogP contribution in [0.3, 0.4) is 0 Å². The second kappa shape index (κ2) is 3.37. The smallest absolute Gasteiger partial charge is 0.222 e. The van der Waals surface area contributed by atoms with E-state index in [-0.39, 0.29) is 0 Å². The fraction of sp³-hybridized carbons (Fsp3) is 0.444. The fourth-order valence-electron chi connectivity index (χ4n) is 1.06. The summed E-state index contributed by atoms with van der Waals surface area (Å²) in [6, 6.07) is 3.86. The molecular formula is C9H14NO+. The Morgan fingerprint density at radius 1 is 1.36 bits per heavy atom. The van der Waals surface area contributed by atoms with Crippen LogP contribution in [-0.4, -0.2) is 5.21 Å². The third-order valence-electron chi connectivity index (χ3n) is 1.53. The molecule has 1 rings (SSSR count). The van der Waals surface area contributed by atoms with Gasteiger partial charge in [-0.05, 0) is 17.9 Å². The highest BCUT2D eigenvalue weighted by Crippen LogP contribution is 2.04. The van der Waals surface area contributed by atoms with Crippen LogP contribution >= 0.6 is 0 Å². The van der Waals surface area contributed by atoms with Gasteiger partial charge in [-0.3, -0.25) is 5.21 Å². The standard InChI is InChI=1S/C9H14NO/c1-8(2)7-9-3-5-10(11)6-4-9/h3-6,8,11H,7H2,1-2H3/q+1. The van der Waals surface area contributed by atoms with E-state index in [0.717, 1.165) is 11.2 Å². The monoisotopic (exact) mass is 152 g/mol. The van der Waals surface area contributed by atoms with Crippen LogP contribution in [0.2, 0.25) is 0 Å². The summed E-state index contributed by atoms with van der Waals surface area (Å²) in [5, 5.41) is 8.91. The first-order valence-corrected chi connectivity index (χ1v) is 3.88. The zero-order valence-electron chi connectivity index (χ0n) is 6.99. The Morgan fingerprint density at radius 3 is 2.36 bits per heavy atom. The molecular weight excluding hydrogens is 138 g/mol. The van der Waals surface area contributed by atoms with Gasteiger partial charge in [0, 0.05) is 16.9 Å².